The molecule has 2 aliphatic rings. The Hall–Kier alpha value is -2.31. The molecule has 0 radical (unpaired) electrons. The molecule has 2 heterocycles. The van der Waals surface area contributed by atoms with E-state index in [4.69, 9.17) is 4.74 Å². The van der Waals surface area contributed by atoms with Crippen molar-refractivity contribution < 1.29 is 14.3 Å². The average molecular weight is 417 g/mol. The van der Waals surface area contributed by atoms with E-state index in [2.05, 4.69) is 20.5 Å². The third-order valence-electron chi connectivity index (χ3n) is 5.85. The first kappa shape index (κ1) is 22.4. The summed E-state index contributed by atoms with van der Waals surface area (Å²) in [6.45, 7) is 7.82. The number of hydrogen-bond acceptors (Lipinski definition) is 5. The van der Waals surface area contributed by atoms with Gasteiger partial charge in [0.1, 0.15) is 11.4 Å². The zero-order valence-electron chi connectivity index (χ0n) is 18.6. The van der Waals surface area contributed by atoms with Crippen molar-refractivity contribution in [2.24, 2.45) is 0 Å². The maximum atomic E-state index is 13.1. The van der Waals surface area contributed by atoms with Crippen molar-refractivity contribution >= 4 is 17.8 Å². The Morgan fingerprint density at radius 1 is 1.10 bits per heavy atom. The zero-order chi connectivity index (χ0) is 21.6. The van der Waals surface area contributed by atoms with Crippen molar-refractivity contribution in [3.63, 3.8) is 0 Å². The molecule has 0 spiro atoms. The minimum atomic E-state index is -0.556. The summed E-state index contributed by atoms with van der Waals surface area (Å²) < 4.78 is 5.50. The van der Waals surface area contributed by atoms with Gasteiger partial charge in [-0.25, -0.2) is 9.78 Å². The fourth-order valence-electron chi connectivity index (χ4n) is 4.37. The molecule has 0 bridgehead atoms. The van der Waals surface area contributed by atoms with Gasteiger partial charge in [0.05, 0.1) is 11.1 Å². The molecule has 1 aliphatic heterocycles. The van der Waals surface area contributed by atoms with E-state index in [-0.39, 0.29) is 5.91 Å². The number of nitrogens with one attached hydrogen (secondary N) is 2. The molecule has 7 heteroatoms. The van der Waals surface area contributed by atoms with Crippen molar-refractivity contribution in [1.82, 2.24) is 15.6 Å². The standard InChI is InChI=1S/C23H36N4O3/c1-22(2,3)30-21(29)26-23(12-6-4-5-7-13-23)17-25-20(28)18-11-10-14-24-19(18)27-15-8-9-16-27/h10-11,14H,4-9,12-13,15-17H2,1-3H3,(H,25,28)(H,26,29). The van der Waals surface area contributed by atoms with Gasteiger partial charge in [-0.3, -0.25) is 4.79 Å². The number of alkyl carbamates (subject to hydrolysis) is 1. The second-order valence-electron chi connectivity index (χ2n) is 9.57. The van der Waals surface area contributed by atoms with Crippen LogP contribution in [0.15, 0.2) is 18.3 Å². The Bertz CT molecular complexity index is 730. The number of ether oxygens (including phenoxy) is 1. The van der Waals surface area contributed by atoms with Gasteiger partial charge in [-0.2, -0.15) is 0 Å². The summed E-state index contributed by atoms with van der Waals surface area (Å²) in [6.07, 6.45) is 9.58. The molecule has 166 valence electrons. The molecule has 0 atom stereocenters. The lowest BCUT2D eigenvalue weighted by Crippen LogP contribution is -2.56. The van der Waals surface area contributed by atoms with Crippen LogP contribution in [0.4, 0.5) is 10.6 Å². The van der Waals surface area contributed by atoms with Crippen LogP contribution in [0.25, 0.3) is 0 Å². The maximum Gasteiger partial charge on any atom is 0.408 e. The average Bonchev–Trinajstić information content (AvgIpc) is 3.12. The number of anilines is 1. The Kier molecular flexibility index (Phi) is 7.21. The Morgan fingerprint density at radius 3 is 2.40 bits per heavy atom. The predicted molar refractivity (Wildman–Crippen MR) is 118 cm³/mol. The number of hydrogen-bond donors (Lipinski definition) is 2. The highest BCUT2D eigenvalue weighted by atomic mass is 16.6. The molecule has 0 aromatic carbocycles. The van der Waals surface area contributed by atoms with Crippen LogP contribution in [0.2, 0.25) is 0 Å². The minimum absolute atomic E-state index is 0.139. The van der Waals surface area contributed by atoms with Crippen molar-refractivity contribution in [3.05, 3.63) is 23.9 Å². The summed E-state index contributed by atoms with van der Waals surface area (Å²) in [7, 11) is 0. The summed E-state index contributed by atoms with van der Waals surface area (Å²) >= 11 is 0. The smallest absolute Gasteiger partial charge is 0.408 e. The number of carbonyl (C=O) groups excluding carboxylic acids is 2. The summed E-state index contributed by atoms with van der Waals surface area (Å²) in [5.74, 6) is 0.613. The van der Waals surface area contributed by atoms with Gasteiger partial charge in [0.25, 0.3) is 5.91 Å². The first-order valence-corrected chi connectivity index (χ1v) is 11.3. The molecule has 2 N–H and O–H groups in total. The molecule has 1 saturated carbocycles. The van der Waals surface area contributed by atoms with Gasteiger partial charge in [0, 0.05) is 25.8 Å². The van der Waals surface area contributed by atoms with Gasteiger partial charge in [0.2, 0.25) is 0 Å². The van der Waals surface area contributed by atoms with Crippen molar-refractivity contribution in [3.8, 4) is 0 Å². The largest absolute Gasteiger partial charge is 0.444 e. The SMILES string of the molecule is CC(C)(C)OC(=O)NC1(CNC(=O)c2cccnc2N2CCCC2)CCCCCC1. The van der Waals surface area contributed by atoms with E-state index in [0.717, 1.165) is 70.3 Å². The monoisotopic (exact) mass is 416 g/mol. The first-order chi connectivity index (χ1) is 14.3. The lowest BCUT2D eigenvalue weighted by Gasteiger charge is -2.35. The van der Waals surface area contributed by atoms with Crippen LogP contribution < -0.4 is 15.5 Å². The molecule has 2 fully saturated rings. The van der Waals surface area contributed by atoms with Gasteiger partial charge >= 0.3 is 6.09 Å². The van der Waals surface area contributed by atoms with Crippen molar-refractivity contribution in [2.75, 3.05) is 24.5 Å². The van der Waals surface area contributed by atoms with Gasteiger partial charge in [-0.1, -0.05) is 25.7 Å². The Labute approximate surface area is 180 Å². The second kappa shape index (κ2) is 9.67. The molecule has 3 rings (SSSR count). The number of nitrogens with zero attached hydrogens (tertiary/aromatic N) is 2. The van der Waals surface area contributed by atoms with E-state index in [1.54, 1.807) is 12.3 Å². The topological polar surface area (TPSA) is 83.6 Å². The van der Waals surface area contributed by atoms with Crippen LogP contribution in [0.3, 0.4) is 0 Å². The van der Waals surface area contributed by atoms with Gasteiger partial charge in [0.15, 0.2) is 0 Å². The molecule has 2 amide bonds. The van der Waals surface area contributed by atoms with E-state index in [9.17, 15) is 9.59 Å². The van der Waals surface area contributed by atoms with E-state index in [1.807, 2.05) is 26.8 Å². The minimum Gasteiger partial charge on any atom is -0.444 e. The number of amides is 2. The highest BCUT2D eigenvalue weighted by molar-refractivity contribution is 5.99. The molecule has 7 nitrogen and oxygen atoms in total. The predicted octanol–water partition coefficient (Wildman–Crippen LogP) is 4.03. The second-order valence-corrected chi connectivity index (χ2v) is 9.57. The maximum absolute atomic E-state index is 13.1. The quantitative estimate of drug-likeness (QED) is 0.708. The summed E-state index contributed by atoms with van der Waals surface area (Å²) in [5.41, 5.74) is -0.440. The fourth-order valence-corrected chi connectivity index (χ4v) is 4.37. The number of carbonyl (C=O) groups is 2. The van der Waals surface area contributed by atoms with Crippen molar-refractivity contribution in [2.45, 2.75) is 83.3 Å². The molecule has 0 unspecified atom stereocenters. The first-order valence-electron chi connectivity index (χ1n) is 11.3. The van der Waals surface area contributed by atoms with Crippen LogP contribution in [0.1, 0.15) is 82.5 Å². The Morgan fingerprint density at radius 2 is 1.77 bits per heavy atom. The van der Waals surface area contributed by atoms with Gasteiger partial charge < -0.3 is 20.3 Å². The number of aromatic nitrogens is 1. The highest BCUT2D eigenvalue weighted by Crippen LogP contribution is 2.28. The van der Waals surface area contributed by atoms with Crippen LogP contribution in [-0.4, -0.2) is 47.8 Å². The van der Waals surface area contributed by atoms with Crippen LogP contribution in [0.5, 0.6) is 0 Å². The van der Waals surface area contributed by atoms with E-state index < -0.39 is 17.2 Å². The lowest BCUT2D eigenvalue weighted by atomic mass is 9.90. The van der Waals surface area contributed by atoms with Gasteiger partial charge in [-0.15, -0.1) is 0 Å². The molecular weight excluding hydrogens is 380 g/mol. The van der Waals surface area contributed by atoms with Crippen LogP contribution in [-0.2, 0) is 4.74 Å². The molecule has 1 aromatic rings. The lowest BCUT2D eigenvalue weighted by molar-refractivity contribution is 0.0437. The molecular formula is C23H36N4O3. The third kappa shape index (κ3) is 6.09. The zero-order valence-corrected chi connectivity index (χ0v) is 18.6. The number of rotatable bonds is 5. The van der Waals surface area contributed by atoms with E-state index in [0.29, 0.717) is 12.1 Å². The molecule has 1 aliphatic carbocycles. The molecule has 30 heavy (non-hydrogen) atoms. The molecule has 1 aromatic heterocycles. The third-order valence-corrected chi connectivity index (χ3v) is 5.85. The Balaban J connectivity index is 1.71. The molecule has 1 saturated heterocycles. The summed E-state index contributed by atoms with van der Waals surface area (Å²) in [5, 5.41) is 6.20. The van der Waals surface area contributed by atoms with Crippen LogP contribution >= 0.6 is 0 Å². The van der Waals surface area contributed by atoms with E-state index in [1.165, 1.54) is 0 Å². The highest BCUT2D eigenvalue weighted by Gasteiger charge is 2.35. The number of pyridine rings is 1. The van der Waals surface area contributed by atoms with Crippen molar-refractivity contribution in [1.29, 1.82) is 0 Å². The fraction of sp³-hybridized carbons (Fsp3) is 0.696. The van der Waals surface area contributed by atoms with Gasteiger partial charge in [-0.05, 0) is 58.6 Å². The van der Waals surface area contributed by atoms with Crippen LogP contribution in [0, 0.1) is 0 Å². The summed E-state index contributed by atoms with van der Waals surface area (Å²) in [4.78, 5) is 32.3. The normalized spacial score (nSPS) is 19.1. The van der Waals surface area contributed by atoms with E-state index >= 15 is 0 Å². The summed E-state index contributed by atoms with van der Waals surface area (Å²) in [6, 6.07) is 3.63.